The zero-order valence-corrected chi connectivity index (χ0v) is 12.3. The highest BCUT2D eigenvalue weighted by atomic mass is 35.5. The van der Waals surface area contributed by atoms with Crippen molar-refractivity contribution in [3.05, 3.63) is 0 Å². The minimum absolute atomic E-state index is 0. The second-order valence-electron chi connectivity index (χ2n) is 5.36. The number of amides is 2. The van der Waals surface area contributed by atoms with Gasteiger partial charge in [0.1, 0.15) is 0 Å². The molecule has 19 heavy (non-hydrogen) atoms. The molecule has 0 aromatic carbocycles. The van der Waals surface area contributed by atoms with Crippen molar-refractivity contribution >= 4 is 24.2 Å². The fourth-order valence-corrected chi connectivity index (χ4v) is 2.26. The van der Waals surface area contributed by atoms with Gasteiger partial charge < -0.3 is 15.5 Å². The van der Waals surface area contributed by atoms with E-state index in [2.05, 4.69) is 17.6 Å². The molecule has 2 rings (SSSR count). The molecule has 110 valence electrons. The van der Waals surface area contributed by atoms with E-state index in [0.717, 1.165) is 38.9 Å². The van der Waals surface area contributed by atoms with Crippen molar-refractivity contribution in [3.8, 4) is 0 Å². The van der Waals surface area contributed by atoms with Gasteiger partial charge in [-0.15, -0.1) is 12.4 Å². The molecule has 1 saturated heterocycles. The number of carbonyl (C=O) groups is 2. The van der Waals surface area contributed by atoms with E-state index in [1.165, 1.54) is 0 Å². The smallest absolute Gasteiger partial charge is 0.223 e. The summed E-state index contributed by atoms with van der Waals surface area (Å²) in [6.07, 6.45) is 3.35. The van der Waals surface area contributed by atoms with Gasteiger partial charge >= 0.3 is 0 Å². The third-order valence-corrected chi connectivity index (χ3v) is 3.54. The van der Waals surface area contributed by atoms with E-state index in [0.29, 0.717) is 19.0 Å². The molecule has 5 nitrogen and oxygen atoms in total. The number of nitrogens with zero attached hydrogens (tertiary/aromatic N) is 1. The third-order valence-electron chi connectivity index (χ3n) is 3.54. The first kappa shape index (κ1) is 16.2. The van der Waals surface area contributed by atoms with Gasteiger partial charge in [0.05, 0.1) is 0 Å². The first-order valence-corrected chi connectivity index (χ1v) is 6.95. The molecule has 0 aromatic rings. The Balaban J connectivity index is 0.00000180. The lowest BCUT2D eigenvalue weighted by molar-refractivity contribution is -0.132. The van der Waals surface area contributed by atoms with Crippen molar-refractivity contribution in [3.63, 3.8) is 0 Å². The number of carbonyl (C=O) groups excluding carboxylic acids is 2. The highest BCUT2D eigenvalue weighted by Gasteiger charge is 2.29. The standard InChI is InChI=1S/C13H23N3O2.ClH/c1-10-9-16(8-7-14-10)12(17)3-2-6-15-13(18)11-4-5-11;/h10-11,14H,2-9H2,1H3,(H,15,18);1H. The zero-order valence-electron chi connectivity index (χ0n) is 11.5. The SMILES string of the molecule is CC1CN(C(=O)CCCNC(=O)C2CC2)CCN1.Cl. The average Bonchev–Trinajstić information content (AvgIpc) is 3.18. The highest BCUT2D eigenvalue weighted by molar-refractivity contribution is 5.85. The van der Waals surface area contributed by atoms with Gasteiger partial charge in [0.25, 0.3) is 0 Å². The van der Waals surface area contributed by atoms with Crippen LogP contribution in [0.1, 0.15) is 32.6 Å². The Hall–Kier alpha value is -0.810. The highest BCUT2D eigenvalue weighted by Crippen LogP contribution is 2.28. The molecule has 1 aliphatic heterocycles. The van der Waals surface area contributed by atoms with Crippen LogP contribution in [-0.4, -0.2) is 48.9 Å². The van der Waals surface area contributed by atoms with E-state index in [1.807, 2.05) is 4.90 Å². The summed E-state index contributed by atoms with van der Waals surface area (Å²) in [6, 6.07) is 0.386. The topological polar surface area (TPSA) is 61.4 Å². The van der Waals surface area contributed by atoms with Crippen LogP contribution in [0.4, 0.5) is 0 Å². The van der Waals surface area contributed by atoms with Crippen LogP contribution < -0.4 is 10.6 Å². The van der Waals surface area contributed by atoms with Crippen LogP contribution in [0.3, 0.4) is 0 Å². The molecule has 2 N–H and O–H groups in total. The van der Waals surface area contributed by atoms with E-state index in [9.17, 15) is 9.59 Å². The number of halogens is 1. The van der Waals surface area contributed by atoms with Crippen molar-refractivity contribution in [1.29, 1.82) is 0 Å². The normalized spacial score (nSPS) is 22.6. The molecule has 1 saturated carbocycles. The van der Waals surface area contributed by atoms with Gasteiger partial charge in [0.2, 0.25) is 11.8 Å². The Morgan fingerprint density at radius 1 is 1.37 bits per heavy atom. The summed E-state index contributed by atoms with van der Waals surface area (Å²) < 4.78 is 0. The summed E-state index contributed by atoms with van der Waals surface area (Å²) in [5.41, 5.74) is 0. The van der Waals surface area contributed by atoms with Crippen LogP contribution in [0.25, 0.3) is 0 Å². The Morgan fingerprint density at radius 2 is 2.11 bits per heavy atom. The summed E-state index contributed by atoms with van der Waals surface area (Å²) in [5.74, 6) is 0.636. The largest absolute Gasteiger partial charge is 0.356 e. The molecular weight excluding hydrogens is 266 g/mol. The van der Waals surface area contributed by atoms with Crippen molar-refractivity contribution < 1.29 is 9.59 Å². The van der Waals surface area contributed by atoms with E-state index in [4.69, 9.17) is 0 Å². The maximum absolute atomic E-state index is 11.9. The van der Waals surface area contributed by atoms with E-state index in [1.54, 1.807) is 0 Å². The lowest BCUT2D eigenvalue weighted by Gasteiger charge is -2.32. The summed E-state index contributed by atoms with van der Waals surface area (Å²) in [6.45, 7) is 5.20. The molecule has 0 radical (unpaired) electrons. The Bertz CT molecular complexity index is 321. The molecular formula is C13H24ClN3O2. The minimum Gasteiger partial charge on any atom is -0.356 e. The fourth-order valence-electron chi connectivity index (χ4n) is 2.26. The minimum atomic E-state index is 0. The number of hydrogen-bond acceptors (Lipinski definition) is 3. The van der Waals surface area contributed by atoms with Crippen LogP contribution in [0.5, 0.6) is 0 Å². The van der Waals surface area contributed by atoms with Gasteiger partial charge in [-0.2, -0.15) is 0 Å². The molecule has 0 spiro atoms. The van der Waals surface area contributed by atoms with E-state index in [-0.39, 0.29) is 30.1 Å². The molecule has 0 bridgehead atoms. The van der Waals surface area contributed by atoms with Crippen LogP contribution in [0, 0.1) is 5.92 Å². The maximum Gasteiger partial charge on any atom is 0.223 e. The second-order valence-corrected chi connectivity index (χ2v) is 5.36. The monoisotopic (exact) mass is 289 g/mol. The van der Waals surface area contributed by atoms with Crippen molar-refractivity contribution in [1.82, 2.24) is 15.5 Å². The van der Waals surface area contributed by atoms with Crippen LogP contribution >= 0.6 is 12.4 Å². The van der Waals surface area contributed by atoms with Crippen molar-refractivity contribution in [2.75, 3.05) is 26.2 Å². The van der Waals surface area contributed by atoms with Crippen LogP contribution in [-0.2, 0) is 9.59 Å². The molecule has 1 atom stereocenters. The average molecular weight is 290 g/mol. The number of hydrogen-bond donors (Lipinski definition) is 2. The number of piperazine rings is 1. The molecule has 1 heterocycles. The molecule has 2 aliphatic rings. The molecule has 6 heteroatoms. The summed E-state index contributed by atoms with van der Waals surface area (Å²) in [4.78, 5) is 25.2. The van der Waals surface area contributed by atoms with Crippen molar-refractivity contribution in [2.24, 2.45) is 5.92 Å². The van der Waals surface area contributed by atoms with E-state index >= 15 is 0 Å². The van der Waals surface area contributed by atoms with E-state index < -0.39 is 0 Å². The first-order chi connectivity index (χ1) is 8.66. The van der Waals surface area contributed by atoms with Crippen LogP contribution in [0.15, 0.2) is 0 Å². The Labute approximate surface area is 120 Å². The van der Waals surface area contributed by atoms with Gasteiger partial charge in [-0.25, -0.2) is 0 Å². The van der Waals surface area contributed by atoms with Gasteiger partial charge in [0, 0.05) is 44.6 Å². The first-order valence-electron chi connectivity index (χ1n) is 6.95. The van der Waals surface area contributed by atoms with Gasteiger partial charge in [0.15, 0.2) is 0 Å². The maximum atomic E-state index is 11.9. The zero-order chi connectivity index (χ0) is 13.0. The van der Waals surface area contributed by atoms with Crippen LogP contribution in [0.2, 0.25) is 0 Å². The quantitative estimate of drug-likeness (QED) is 0.726. The van der Waals surface area contributed by atoms with Crippen molar-refractivity contribution in [2.45, 2.75) is 38.6 Å². The lowest BCUT2D eigenvalue weighted by Crippen LogP contribution is -2.51. The predicted molar refractivity (Wildman–Crippen MR) is 76.3 cm³/mol. The lowest BCUT2D eigenvalue weighted by atomic mass is 10.2. The second kappa shape index (κ2) is 7.70. The summed E-state index contributed by atoms with van der Waals surface area (Å²) in [5, 5.41) is 6.21. The molecule has 0 aromatic heterocycles. The number of nitrogens with one attached hydrogen (secondary N) is 2. The predicted octanol–water partition coefficient (Wildman–Crippen LogP) is 0.535. The molecule has 2 fully saturated rings. The van der Waals surface area contributed by atoms with Gasteiger partial charge in [-0.1, -0.05) is 0 Å². The van der Waals surface area contributed by atoms with Gasteiger partial charge in [-0.05, 0) is 26.2 Å². The fraction of sp³-hybridized carbons (Fsp3) is 0.846. The number of rotatable bonds is 5. The third kappa shape index (κ3) is 5.37. The van der Waals surface area contributed by atoms with Gasteiger partial charge in [-0.3, -0.25) is 9.59 Å². The Kier molecular flexibility index (Phi) is 6.58. The molecule has 2 amide bonds. The summed E-state index contributed by atoms with van der Waals surface area (Å²) >= 11 is 0. The molecule has 1 unspecified atom stereocenters. The summed E-state index contributed by atoms with van der Waals surface area (Å²) in [7, 11) is 0. The Morgan fingerprint density at radius 3 is 2.74 bits per heavy atom. The molecule has 1 aliphatic carbocycles.